The highest BCUT2D eigenvalue weighted by molar-refractivity contribution is 6.35. The quantitative estimate of drug-likeness (QED) is 0.326. The summed E-state index contributed by atoms with van der Waals surface area (Å²) < 4.78 is 23.0. The summed E-state index contributed by atoms with van der Waals surface area (Å²) in [4.78, 5) is 0. The first-order valence-electron chi connectivity index (χ1n) is 11.1. The minimum absolute atomic E-state index is 0.0975. The Morgan fingerprint density at radius 2 is 1.83 bits per heavy atom. The van der Waals surface area contributed by atoms with E-state index in [4.69, 9.17) is 47.3 Å². The van der Waals surface area contributed by atoms with Crippen LogP contribution in [0, 0.1) is 0 Å². The summed E-state index contributed by atoms with van der Waals surface area (Å²) in [6.07, 6.45) is 1.89. The van der Waals surface area contributed by atoms with Crippen LogP contribution >= 0.6 is 23.2 Å². The van der Waals surface area contributed by atoms with Crippen LogP contribution in [0.1, 0.15) is 35.4 Å². The molecule has 0 aromatic heterocycles. The fraction of sp³-hybridized carbons (Fsp3) is 0.222. The van der Waals surface area contributed by atoms with Gasteiger partial charge in [-0.25, -0.2) is 5.01 Å². The van der Waals surface area contributed by atoms with Crippen molar-refractivity contribution in [3.8, 4) is 23.0 Å². The zero-order valence-corrected chi connectivity index (χ0v) is 20.8. The van der Waals surface area contributed by atoms with Crippen molar-refractivity contribution in [3.05, 3.63) is 94.0 Å². The molecule has 180 valence electrons. The summed E-state index contributed by atoms with van der Waals surface area (Å²) in [5.74, 6) is 2.68. The zero-order chi connectivity index (χ0) is 24.5. The molecule has 2 aliphatic rings. The number of hydrazone groups is 1. The molecule has 0 spiro atoms. The van der Waals surface area contributed by atoms with Crippen molar-refractivity contribution in [2.75, 3.05) is 20.8 Å². The fourth-order valence-corrected chi connectivity index (χ4v) is 4.96. The van der Waals surface area contributed by atoms with Gasteiger partial charge in [-0.2, -0.15) is 5.10 Å². The molecule has 0 aliphatic carbocycles. The number of methoxy groups -OCH3 is 2. The minimum atomic E-state index is -0.475. The molecule has 0 fully saturated rings. The van der Waals surface area contributed by atoms with E-state index in [0.717, 1.165) is 28.2 Å². The van der Waals surface area contributed by atoms with Crippen molar-refractivity contribution in [2.24, 2.45) is 5.10 Å². The van der Waals surface area contributed by atoms with E-state index in [2.05, 4.69) is 6.58 Å². The van der Waals surface area contributed by atoms with Gasteiger partial charge in [0, 0.05) is 28.1 Å². The van der Waals surface area contributed by atoms with Crippen molar-refractivity contribution >= 4 is 28.9 Å². The molecule has 8 heteroatoms. The average Bonchev–Trinajstić information content (AvgIpc) is 3.33. The molecule has 0 radical (unpaired) electrons. The normalized spacial score (nSPS) is 18.2. The van der Waals surface area contributed by atoms with Gasteiger partial charge >= 0.3 is 0 Å². The lowest BCUT2D eigenvalue weighted by Crippen LogP contribution is -2.33. The Hall–Kier alpha value is -3.35. The van der Waals surface area contributed by atoms with Crippen LogP contribution in [0.5, 0.6) is 23.0 Å². The van der Waals surface area contributed by atoms with Crippen LogP contribution in [-0.2, 0) is 0 Å². The Morgan fingerprint density at radius 1 is 1.06 bits per heavy atom. The minimum Gasteiger partial charge on any atom is -0.493 e. The maximum Gasteiger partial charge on any atom is 0.213 e. The van der Waals surface area contributed by atoms with Gasteiger partial charge < -0.3 is 18.9 Å². The third-order valence-corrected chi connectivity index (χ3v) is 6.56. The average molecular weight is 511 g/mol. The van der Waals surface area contributed by atoms with Crippen molar-refractivity contribution in [3.63, 3.8) is 0 Å². The summed E-state index contributed by atoms with van der Waals surface area (Å²) in [5.41, 5.74) is 3.68. The molecule has 0 N–H and O–H groups in total. The van der Waals surface area contributed by atoms with Gasteiger partial charge in [-0.05, 0) is 54.6 Å². The predicted octanol–water partition coefficient (Wildman–Crippen LogP) is 6.82. The van der Waals surface area contributed by atoms with Crippen LogP contribution in [0.25, 0.3) is 0 Å². The van der Waals surface area contributed by atoms with E-state index in [1.54, 1.807) is 26.4 Å². The first-order chi connectivity index (χ1) is 17.0. The van der Waals surface area contributed by atoms with Crippen molar-refractivity contribution in [1.82, 2.24) is 5.01 Å². The molecule has 0 bridgehead atoms. The highest BCUT2D eigenvalue weighted by Crippen LogP contribution is 2.51. The maximum absolute atomic E-state index is 6.57. The number of benzene rings is 3. The summed E-state index contributed by atoms with van der Waals surface area (Å²) >= 11 is 12.9. The van der Waals surface area contributed by atoms with Gasteiger partial charge in [-0.1, -0.05) is 35.9 Å². The van der Waals surface area contributed by atoms with Gasteiger partial charge in [-0.3, -0.25) is 0 Å². The molecular weight excluding hydrogens is 487 g/mol. The molecule has 3 aromatic rings. The standard InChI is InChI=1S/C27H24Cl2N2O4/c1-4-11-34-19-8-5-16(6-9-19)27-31-23(20-13-18(28)14-21(29)26(20)35-27)15-22(30-31)17-7-10-24(32-2)25(12-17)33-3/h4-10,12-14,23,27H,1,11,15H2,2-3H3/t23-,27+/m1/s1. The van der Waals surface area contributed by atoms with Gasteiger partial charge in [0.15, 0.2) is 11.5 Å². The molecule has 0 saturated heterocycles. The number of nitrogens with zero attached hydrogens (tertiary/aromatic N) is 2. The lowest BCUT2D eigenvalue weighted by Gasteiger charge is -2.38. The Morgan fingerprint density at radius 3 is 2.54 bits per heavy atom. The van der Waals surface area contributed by atoms with Gasteiger partial charge in [0.2, 0.25) is 6.23 Å². The van der Waals surface area contributed by atoms with E-state index in [1.807, 2.05) is 53.5 Å². The lowest BCUT2D eigenvalue weighted by atomic mass is 9.95. The van der Waals surface area contributed by atoms with Crippen LogP contribution < -0.4 is 18.9 Å². The summed E-state index contributed by atoms with van der Waals surface area (Å²) in [5, 5.41) is 8.00. The second-order valence-corrected chi connectivity index (χ2v) is 9.00. The number of ether oxygens (including phenoxy) is 4. The molecule has 2 heterocycles. The molecule has 3 aromatic carbocycles. The van der Waals surface area contributed by atoms with Crippen LogP contribution in [0.3, 0.4) is 0 Å². The Labute approximate surface area is 214 Å². The van der Waals surface area contributed by atoms with Crippen molar-refractivity contribution in [2.45, 2.75) is 18.7 Å². The van der Waals surface area contributed by atoms with E-state index >= 15 is 0 Å². The molecule has 0 unspecified atom stereocenters. The van der Waals surface area contributed by atoms with Crippen LogP contribution in [0.2, 0.25) is 10.0 Å². The van der Waals surface area contributed by atoms with Gasteiger partial charge in [0.05, 0.1) is 31.0 Å². The molecule has 0 amide bonds. The SMILES string of the molecule is C=CCOc1ccc([C@@H]2Oc3c(Cl)cc(Cl)cc3[C@H]3CC(c4ccc(OC)c(OC)c4)=NN32)cc1. The molecule has 6 nitrogen and oxygen atoms in total. The third-order valence-electron chi connectivity index (χ3n) is 6.06. The van der Waals surface area contributed by atoms with E-state index in [-0.39, 0.29) is 6.04 Å². The Balaban J connectivity index is 1.55. The third kappa shape index (κ3) is 4.40. The number of fused-ring (bicyclic) bond motifs is 3. The fourth-order valence-electron chi connectivity index (χ4n) is 4.41. The number of hydrogen-bond acceptors (Lipinski definition) is 6. The van der Waals surface area contributed by atoms with Crippen molar-refractivity contribution in [1.29, 1.82) is 0 Å². The van der Waals surface area contributed by atoms with Crippen LogP contribution in [0.15, 0.2) is 72.4 Å². The summed E-state index contributed by atoms with van der Waals surface area (Å²) in [6.45, 7) is 4.13. The predicted molar refractivity (Wildman–Crippen MR) is 137 cm³/mol. The van der Waals surface area contributed by atoms with Gasteiger partial charge in [0.1, 0.15) is 18.1 Å². The number of hydrogen-bond donors (Lipinski definition) is 0. The van der Waals surface area contributed by atoms with E-state index in [9.17, 15) is 0 Å². The summed E-state index contributed by atoms with van der Waals surface area (Å²) in [7, 11) is 3.23. The van der Waals surface area contributed by atoms with E-state index in [1.165, 1.54) is 0 Å². The smallest absolute Gasteiger partial charge is 0.213 e. The highest BCUT2D eigenvalue weighted by Gasteiger charge is 2.42. The van der Waals surface area contributed by atoms with Crippen LogP contribution in [-0.4, -0.2) is 31.5 Å². The van der Waals surface area contributed by atoms with E-state index < -0.39 is 6.23 Å². The topological polar surface area (TPSA) is 52.5 Å². The number of halogens is 2. The largest absolute Gasteiger partial charge is 0.493 e. The molecular formula is C27H24Cl2N2O4. The van der Waals surface area contributed by atoms with Crippen molar-refractivity contribution < 1.29 is 18.9 Å². The molecule has 5 rings (SSSR count). The van der Waals surface area contributed by atoms with Gasteiger partial charge in [0.25, 0.3) is 0 Å². The van der Waals surface area contributed by atoms with Gasteiger partial charge in [-0.15, -0.1) is 0 Å². The molecule has 2 aliphatic heterocycles. The molecule has 2 atom stereocenters. The molecule has 0 saturated carbocycles. The second-order valence-electron chi connectivity index (χ2n) is 8.16. The Bertz CT molecular complexity index is 1290. The molecule has 35 heavy (non-hydrogen) atoms. The first-order valence-corrected chi connectivity index (χ1v) is 11.9. The monoisotopic (exact) mass is 510 g/mol. The first kappa shape index (κ1) is 23.4. The lowest BCUT2D eigenvalue weighted by molar-refractivity contribution is -0.0189. The zero-order valence-electron chi connectivity index (χ0n) is 19.3. The van der Waals surface area contributed by atoms with Crippen LogP contribution in [0.4, 0.5) is 0 Å². The Kier molecular flexibility index (Phi) is 6.50. The summed E-state index contributed by atoms with van der Waals surface area (Å²) in [6, 6.07) is 17.1. The number of rotatable bonds is 7. The second kappa shape index (κ2) is 9.72. The van der Waals surface area contributed by atoms with E-state index in [0.29, 0.717) is 40.3 Å². The maximum atomic E-state index is 6.57. The highest BCUT2D eigenvalue weighted by atomic mass is 35.5.